The van der Waals surface area contributed by atoms with Crippen LogP contribution in [0.3, 0.4) is 0 Å². The molecule has 0 unspecified atom stereocenters. The fourth-order valence-electron chi connectivity index (χ4n) is 3.27. The van der Waals surface area contributed by atoms with E-state index in [1.165, 1.54) is 25.7 Å². The molecule has 1 saturated carbocycles. The Morgan fingerprint density at radius 3 is 2.91 bits per heavy atom. The second kappa shape index (κ2) is 5.91. The van der Waals surface area contributed by atoms with Crippen LogP contribution in [0.4, 0.5) is 5.95 Å². The van der Waals surface area contributed by atoms with Gasteiger partial charge in [0.05, 0.1) is 12.8 Å². The van der Waals surface area contributed by atoms with Crippen molar-refractivity contribution in [3.8, 4) is 17.0 Å². The molecule has 0 atom stereocenters. The van der Waals surface area contributed by atoms with E-state index < -0.39 is 0 Å². The second-order valence-corrected chi connectivity index (χ2v) is 6.01. The number of methoxy groups -OCH3 is 1. The number of ether oxygens (including phenoxy) is 1. The van der Waals surface area contributed by atoms with Gasteiger partial charge in [0, 0.05) is 34.9 Å². The molecule has 0 bridgehead atoms. The van der Waals surface area contributed by atoms with Crippen molar-refractivity contribution >= 4 is 16.9 Å². The molecule has 5 heteroatoms. The van der Waals surface area contributed by atoms with E-state index in [0.717, 1.165) is 27.9 Å². The maximum Gasteiger partial charge on any atom is 0.223 e. The lowest BCUT2D eigenvalue weighted by Crippen LogP contribution is -2.16. The molecular weight excluding hydrogens is 288 g/mol. The minimum atomic E-state index is 0.508. The Hall–Kier alpha value is -2.56. The number of anilines is 1. The van der Waals surface area contributed by atoms with Crippen molar-refractivity contribution in [1.29, 1.82) is 0 Å². The van der Waals surface area contributed by atoms with Crippen molar-refractivity contribution in [3.63, 3.8) is 0 Å². The number of H-pyrrole nitrogens is 1. The maximum absolute atomic E-state index is 5.34. The molecule has 0 radical (unpaired) electrons. The molecule has 0 aliphatic heterocycles. The molecule has 4 rings (SSSR count). The molecule has 1 fully saturated rings. The fourth-order valence-corrected chi connectivity index (χ4v) is 3.27. The van der Waals surface area contributed by atoms with E-state index in [2.05, 4.69) is 15.3 Å². The predicted octanol–water partition coefficient (Wildman–Crippen LogP) is 3.99. The Morgan fingerprint density at radius 2 is 2.09 bits per heavy atom. The van der Waals surface area contributed by atoms with Crippen LogP contribution >= 0.6 is 0 Å². The van der Waals surface area contributed by atoms with Crippen molar-refractivity contribution in [1.82, 2.24) is 15.0 Å². The van der Waals surface area contributed by atoms with E-state index in [9.17, 15) is 0 Å². The summed E-state index contributed by atoms with van der Waals surface area (Å²) < 4.78 is 5.34. The van der Waals surface area contributed by atoms with E-state index in [1.54, 1.807) is 7.11 Å². The molecule has 1 aliphatic carbocycles. The maximum atomic E-state index is 5.34. The van der Waals surface area contributed by atoms with Gasteiger partial charge in [-0.25, -0.2) is 9.97 Å². The number of fused-ring (bicyclic) bond motifs is 1. The lowest BCUT2D eigenvalue weighted by Gasteiger charge is -2.12. The first kappa shape index (κ1) is 14.1. The monoisotopic (exact) mass is 308 g/mol. The van der Waals surface area contributed by atoms with E-state index in [0.29, 0.717) is 12.0 Å². The standard InChI is InChI=1S/C18H20N4O/c1-23-13-6-7-16-14(10-13)15(11-20-16)17-8-9-19-18(22-17)21-12-4-2-3-5-12/h6-12,20H,2-5H2,1H3,(H,19,21,22). The van der Waals surface area contributed by atoms with Crippen LogP contribution in [-0.4, -0.2) is 28.1 Å². The highest BCUT2D eigenvalue weighted by molar-refractivity contribution is 5.95. The average Bonchev–Trinajstić information content (AvgIpc) is 3.23. The Morgan fingerprint density at radius 1 is 1.22 bits per heavy atom. The number of benzene rings is 1. The van der Waals surface area contributed by atoms with Crippen LogP contribution < -0.4 is 10.1 Å². The van der Waals surface area contributed by atoms with Crippen molar-refractivity contribution in [3.05, 3.63) is 36.7 Å². The molecule has 2 aromatic heterocycles. The first-order chi connectivity index (χ1) is 11.3. The summed E-state index contributed by atoms with van der Waals surface area (Å²) in [5.74, 6) is 1.56. The molecule has 3 aromatic rings. The SMILES string of the molecule is COc1ccc2[nH]cc(-c3ccnc(NC4CCCC4)n3)c2c1. The molecule has 2 N–H and O–H groups in total. The summed E-state index contributed by atoms with van der Waals surface area (Å²) in [5, 5.41) is 4.56. The average molecular weight is 308 g/mol. The zero-order valence-electron chi connectivity index (χ0n) is 13.2. The molecular formula is C18H20N4O. The number of rotatable bonds is 4. The molecule has 0 amide bonds. The van der Waals surface area contributed by atoms with Crippen LogP contribution in [-0.2, 0) is 0 Å². The summed E-state index contributed by atoms with van der Waals surface area (Å²) in [5.41, 5.74) is 3.06. The quantitative estimate of drug-likeness (QED) is 0.765. The summed E-state index contributed by atoms with van der Waals surface area (Å²) in [6.07, 6.45) is 8.80. The van der Waals surface area contributed by atoms with Gasteiger partial charge < -0.3 is 15.0 Å². The number of aromatic nitrogens is 3. The Kier molecular flexibility index (Phi) is 3.61. The molecule has 1 aromatic carbocycles. The van der Waals surface area contributed by atoms with Crippen molar-refractivity contribution < 1.29 is 4.74 Å². The van der Waals surface area contributed by atoms with Gasteiger partial charge in [-0.2, -0.15) is 0 Å². The van der Waals surface area contributed by atoms with Gasteiger partial charge >= 0.3 is 0 Å². The van der Waals surface area contributed by atoms with Crippen molar-refractivity contribution in [2.24, 2.45) is 0 Å². The Labute approximate surface area is 135 Å². The Bertz CT molecular complexity index is 821. The third-order valence-corrected chi connectivity index (χ3v) is 4.51. The Balaban J connectivity index is 1.69. The van der Waals surface area contributed by atoms with Crippen LogP contribution in [0.15, 0.2) is 36.7 Å². The summed E-state index contributed by atoms with van der Waals surface area (Å²) in [7, 11) is 1.68. The highest BCUT2D eigenvalue weighted by Gasteiger charge is 2.16. The molecule has 0 spiro atoms. The lowest BCUT2D eigenvalue weighted by molar-refractivity contribution is 0.415. The molecule has 5 nitrogen and oxygen atoms in total. The number of nitrogens with zero attached hydrogens (tertiary/aromatic N) is 2. The number of hydrogen-bond donors (Lipinski definition) is 2. The van der Waals surface area contributed by atoms with E-state index in [-0.39, 0.29) is 0 Å². The van der Waals surface area contributed by atoms with Gasteiger partial charge in [-0.05, 0) is 37.1 Å². The summed E-state index contributed by atoms with van der Waals surface area (Å²) in [6, 6.07) is 8.47. The first-order valence-electron chi connectivity index (χ1n) is 8.08. The van der Waals surface area contributed by atoms with Crippen LogP contribution in [0.2, 0.25) is 0 Å². The van der Waals surface area contributed by atoms with Crippen LogP contribution in [0.5, 0.6) is 5.75 Å². The van der Waals surface area contributed by atoms with Gasteiger partial charge in [0.25, 0.3) is 0 Å². The lowest BCUT2D eigenvalue weighted by atomic mass is 10.1. The molecule has 1 aliphatic rings. The molecule has 23 heavy (non-hydrogen) atoms. The number of nitrogens with one attached hydrogen (secondary N) is 2. The molecule has 118 valence electrons. The smallest absolute Gasteiger partial charge is 0.223 e. The van der Waals surface area contributed by atoms with Gasteiger partial charge in [0.15, 0.2) is 0 Å². The summed E-state index contributed by atoms with van der Waals surface area (Å²) in [6.45, 7) is 0. The number of hydrogen-bond acceptors (Lipinski definition) is 4. The van der Waals surface area contributed by atoms with Gasteiger partial charge in [-0.3, -0.25) is 0 Å². The van der Waals surface area contributed by atoms with Crippen LogP contribution in [0, 0.1) is 0 Å². The van der Waals surface area contributed by atoms with Crippen molar-refractivity contribution in [2.75, 3.05) is 12.4 Å². The zero-order chi connectivity index (χ0) is 15.6. The summed E-state index contributed by atoms with van der Waals surface area (Å²) in [4.78, 5) is 12.4. The van der Waals surface area contributed by atoms with E-state index in [4.69, 9.17) is 9.72 Å². The highest BCUT2D eigenvalue weighted by atomic mass is 16.5. The normalized spacial score (nSPS) is 15.2. The number of aromatic amines is 1. The van der Waals surface area contributed by atoms with Gasteiger partial charge in [0.2, 0.25) is 5.95 Å². The van der Waals surface area contributed by atoms with Crippen LogP contribution in [0.1, 0.15) is 25.7 Å². The fraction of sp³-hybridized carbons (Fsp3) is 0.333. The third-order valence-electron chi connectivity index (χ3n) is 4.51. The van der Waals surface area contributed by atoms with Gasteiger partial charge in [-0.1, -0.05) is 12.8 Å². The predicted molar refractivity (Wildman–Crippen MR) is 91.8 cm³/mol. The van der Waals surface area contributed by atoms with Crippen LogP contribution in [0.25, 0.3) is 22.2 Å². The highest BCUT2D eigenvalue weighted by Crippen LogP contribution is 2.30. The van der Waals surface area contributed by atoms with Crippen molar-refractivity contribution in [2.45, 2.75) is 31.7 Å². The zero-order valence-corrected chi connectivity index (χ0v) is 13.2. The third kappa shape index (κ3) is 2.74. The van der Waals surface area contributed by atoms with Gasteiger partial charge in [0.1, 0.15) is 5.75 Å². The first-order valence-corrected chi connectivity index (χ1v) is 8.08. The topological polar surface area (TPSA) is 62.8 Å². The molecule has 0 saturated heterocycles. The molecule has 2 heterocycles. The largest absolute Gasteiger partial charge is 0.497 e. The van der Waals surface area contributed by atoms with Gasteiger partial charge in [-0.15, -0.1) is 0 Å². The second-order valence-electron chi connectivity index (χ2n) is 6.01. The summed E-state index contributed by atoms with van der Waals surface area (Å²) >= 11 is 0. The minimum absolute atomic E-state index is 0.508. The van der Waals surface area contributed by atoms with E-state index >= 15 is 0 Å². The minimum Gasteiger partial charge on any atom is -0.497 e. The van der Waals surface area contributed by atoms with E-state index in [1.807, 2.05) is 36.7 Å².